The highest BCUT2D eigenvalue weighted by Gasteiger charge is 2.41. The molecule has 0 aromatic heterocycles. The van der Waals surface area contributed by atoms with Crippen LogP contribution in [0.15, 0.2) is 0 Å². The second-order valence-electron chi connectivity index (χ2n) is 4.86. The third kappa shape index (κ3) is 2.19. The molecule has 100 valence electrons. The van der Waals surface area contributed by atoms with Gasteiger partial charge in [-0.1, -0.05) is 0 Å². The van der Waals surface area contributed by atoms with Gasteiger partial charge in [0, 0.05) is 26.1 Å². The van der Waals surface area contributed by atoms with E-state index in [-0.39, 0.29) is 24.2 Å². The van der Waals surface area contributed by atoms with Gasteiger partial charge in [0.05, 0.1) is 5.92 Å². The van der Waals surface area contributed by atoms with Crippen molar-refractivity contribution in [3.05, 3.63) is 0 Å². The molecule has 0 saturated carbocycles. The summed E-state index contributed by atoms with van der Waals surface area (Å²) in [5.74, 6) is -1.50. The second-order valence-corrected chi connectivity index (χ2v) is 4.86. The summed E-state index contributed by atoms with van der Waals surface area (Å²) in [5, 5.41) is 9.05. The van der Waals surface area contributed by atoms with Crippen LogP contribution in [0.1, 0.15) is 26.2 Å². The number of rotatable bonds is 3. The summed E-state index contributed by atoms with van der Waals surface area (Å²) >= 11 is 0. The van der Waals surface area contributed by atoms with Gasteiger partial charge in [-0.3, -0.25) is 9.59 Å². The highest BCUT2D eigenvalue weighted by molar-refractivity contribution is 5.91. The molecule has 0 bridgehead atoms. The highest BCUT2D eigenvalue weighted by Crippen LogP contribution is 2.25. The fraction of sp³-hybridized carbons (Fsp3) is 0.750. The molecule has 2 aliphatic rings. The Kier molecular flexibility index (Phi) is 3.54. The molecular formula is C12H18N2O4. The molecule has 2 fully saturated rings. The van der Waals surface area contributed by atoms with E-state index in [9.17, 15) is 14.4 Å². The largest absolute Gasteiger partial charge is 0.480 e. The quantitative estimate of drug-likeness (QED) is 0.764. The first-order valence-corrected chi connectivity index (χ1v) is 6.35. The zero-order chi connectivity index (χ0) is 13.3. The Hall–Kier alpha value is -1.59. The van der Waals surface area contributed by atoms with Gasteiger partial charge in [-0.15, -0.1) is 0 Å². The van der Waals surface area contributed by atoms with Crippen molar-refractivity contribution in [1.29, 1.82) is 0 Å². The average molecular weight is 254 g/mol. The van der Waals surface area contributed by atoms with E-state index in [1.165, 1.54) is 4.90 Å². The Bertz CT molecular complexity index is 382. The van der Waals surface area contributed by atoms with E-state index in [1.54, 1.807) is 4.90 Å². The second kappa shape index (κ2) is 4.96. The molecule has 2 rings (SSSR count). The number of carboxylic acids is 1. The van der Waals surface area contributed by atoms with Gasteiger partial charge >= 0.3 is 5.97 Å². The number of hydrogen-bond donors (Lipinski definition) is 1. The highest BCUT2D eigenvalue weighted by atomic mass is 16.4. The summed E-state index contributed by atoms with van der Waals surface area (Å²) in [5.41, 5.74) is 0. The SMILES string of the molecule is CCN1CC(C(=O)N2CCCC2C(=O)O)CC1=O. The van der Waals surface area contributed by atoms with E-state index in [0.29, 0.717) is 26.1 Å². The molecule has 18 heavy (non-hydrogen) atoms. The van der Waals surface area contributed by atoms with Gasteiger partial charge in [0.25, 0.3) is 0 Å². The fourth-order valence-electron chi connectivity index (χ4n) is 2.76. The van der Waals surface area contributed by atoms with Crippen LogP contribution in [-0.4, -0.2) is 58.4 Å². The van der Waals surface area contributed by atoms with Crippen LogP contribution in [0.2, 0.25) is 0 Å². The summed E-state index contributed by atoms with van der Waals surface area (Å²) in [4.78, 5) is 38.0. The Balaban J connectivity index is 2.04. The number of hydrogen-bond acceptors (Lipinski definition) is 3. The van der Waals surface area contributed by atoms with Crippen molar-refractivity contribution in [3.63, 3.8) is 0 Å². The summed E-state index contributed by atoms with van der Waals surface area (Å²) in [6, 6.07) is -0.705. The van der Waals surface area contributed by atoms with Crippen LogP contribution in [0.3, 0.4) is 0 Å². The normalized spacial score (nSPS) is 27.9. The molecule has 0 aromatic carbocycles. The number of carbonyl (C=O) groups excluding carboxylic acids is 2. The van der Waals surface area contributed by atoms with E-state index in [0.717, 1.165) is 6.42 Å². The lowest BCUT2D eigenvalue weighted by atomic mass is 10.1. The average Bonchev–Trinajstić information content (AvgIpc) is 2.93. The lowest BCUT2D eigenvalue weighted by molar-refractivity contribution is -0.149. The number of likely N-dealkylation sites (tertiary alicyclic amines) is 2. The molecule has 1 N–H and O–H groups in total. The predicted molar refractivity (Wildman–Crippen MR) is 62.7 cm³/mol. The number of nitrogens with zero attached hydrogens (tertiary/aromatic N) is 2. The molecule has 0 spiro atoms. The van der Waals surface area contributed by atoms with Crippen molar-refractivity contribution < 1.29 is 19.5 Å². The van der Waals surface area contributed by atoms with Gasteiger partial charge in [0.1, 0.15) is 6.04 Å². The van der Waals surface area contributed by atoms with E-state index in [2.05, 4.69) is 0 Å². The van der Waals surface area contributed by atoms with Crippen LogP contribution in [0.4, 0.5) is 0 Å². The van der Waals surface area contributed by atoms with Crippen LogP contribution in [-0.2, 0) is 14.4 Å². The minimum Gasteiger partial charge on any atom is -0.480 e. The van der Waals surface area contributed by atoms with Crippen molar-refractivity contribution in [2.45, 2.75) is 32.2 Å². The number of carbonyl (C=O) groups is 3. The molecule has 2 aliphatic heterocycles. The van der Waals surface area contributed by atoms with Crippen LogP contribution in [0, 0.1) is 5.92 Å². The van der Waals surface area contributed by atoms with Crippen LogP contribution < -0.4 is 0 Å². The molecule has 0 aromatic rings. The van der Waals surface area contributed by atoms with E-state index in [4.69, 9.17) is 5.11 Å². The van der Waals surface area contributed by atoms with Crippen LogP contribution >= 0.6 is 0 Å². The standard InChI is InChI=1S/C12H18N2O4/c1-2-13-7-8(6-10(13)15)11(16)14-5-3-4-9(14)12(17)18/h8-9H,2-7H2,1H3,(H,17,18). The first kappa shape index (κ1) is 12.9. The molecule has 2 unspecified atom stereocenters. The van der Waals surface area contributed by atoms with Crippen molar-refractivity contribution in [3.8, 4) is 0 Å². The number of amides is 2. The Morgan fingerprint density at radius 1 is 1.44 bits per heavy atom. The summed E-state index contributed by atoms with van der Waals surface area (Å²) in [6.45, 7) is 3.40. The predicted octanol–water partition coefficient (Wildman–Crippen LogP) is -0.0696. The van der Waals surface area contributed by atoms with Gasteiger partial charge in [-0.05, 0) is 19.8 Å². The van der Waals surface area contributed by atoms with Gasteiger partial charge in [-0.25, -0.2) is 4.79 Å². The smallest absolute Gasteiger partial charge is 0.326 e. The monoisotopic (exact) mass is 254 g/mol. The van der Waals surface area contributed by atoms with Crippen molar-refractivity contribution >= 4 is 17.8 Å². The summed E-state index contributed by atoms with van der Waals surface area (Å²) in [6.07, 6.45) is 1.45. The lowest BCUT2D eigenvalue weighted by Gasteiger charge is -2.24. The molecular weight excluding hydrogens is 236 g/mol. The number of carboxylic acid groups (broad SMARTS) is 1. The van der Waals surface area contributed by atoms with Gasteiger partial charge in [0.2, 0.25) is 11.8 Å². The van der Waals surface area contributed by atoms with Gasteiger partial charge in [0.15, 0.2) is 0 Å². The molecule has 2 saturated heterocycles. The molecule has 6 heteroatoms. The fourth-order valence-corrected chi connectivity index (χ4v) is 2.76. The van der Waals surface area contributed by atoms with Gasteiger partial charge < -0.3 is 14.9 Å². The Labute approximate surface area is 106 Å². The Morgan fingerprint density at radius 2 is 2.17 bits per heavy atom. The third-order valence-electron chi connectivity index (χ3n) is 3.77. The first-order chi connectivity index (χ1) is 8.54. The maximum atomic E-state index is 12.3. The molecule has 2 atom stereocenters. The molecule has 0 radical (unpaired) electrons. The molecule has 2 amide bonds. The van der Waals surface area contributed by atoms with E-state index >= 15 is 0 Å². The van der Waals surface area contributed by atoms with Crippen molar-refractivity contribution in [1.82, 2.24) is 9.80 Å². The molecule has 2 heterocycles. The van der Waals surface area contributed by atoms with Crippen molar-refractivity contribution in [2.24, 2.45) is 5.92 Å². The molecule has 6 nitrogen and oxygen atoms in total. The maximum Gasteiger partial charge on any atom is 0.326 e. The van der Waals surface area contributed by atoms with Crippen LogP contribution in [0.25, 0.3) is 0 Å². The van der Waals surface area contributed by atoms with E-state index in [1.807, 2.05) is 6.92 Å². The summed E-state index contributed by atoms with van der Waals surface area (Å²) < 4.78 is 0. The Morgan fingerprint density at radius 3 is 2.72 bits per heavy atom. The minimum absolute atomic E-state index is 0.0121. The van der Waals surface area contributed by atoms with Gasteiger partial charge in [-0.2, -0.15) is 0 Å². The maximum absolute atomic E-state index is 12.3. The lowest BCUT2D eigenvalue weighted by Crippen LogP contribution is -2.44. The zero-order valence-corrected chi connectivity index (χ0v) is 10.5. The number of aliphatic carboxylic acids is 1. The first-order valence-electron chi connectivity index (χ1n) is 6.35. The molecule has 0 aliphatic carbocycles. The topological polar surface area (TPSA) is 77.9 Å². The third-order valence-corrected chi connectivity index (χ3v) is 3.77. The zero-order valence-electron chi connectivity index (χ0n) is 10.5. The van der Waals surface area contributed by atoms with E-state index < -0.39 is 12.0 Å². The van der Waals surface area contributed by atoms with Crippen LogP contribution in [0.5, 0.6) is 0 Å². The minimum atomic E-state index is -0.947. The summed E-state index contributed by atoms with van der Waals surface area (Å²) in [7, 11) is 0. The van der Waals surface area contributed by atoms with Crippen molar-refractivity contribution in [2.75, 3.05) is 19.6 Å².